The highest BCUT2D eigenvalue weighted by Gasteiger charge is 2.58. The van der Waals surface area contributed by atoms with Gasteiger partial charge < -0.3 is 49.6 Å². The highest BCUT2D eigenvalue weighted by atomic mass is 16.7. The van der Waals surface area contributed by atoms with E-state index < -0.39 is 67.0 Å². The molecular formula is C22H36O11. The Balaban J connectivity index is 1.64. The second-order valence-electron chi connectivity index (χ2n) is 9.78. The lowest BCUT2D eigenvalue weighted by atomic mass is 9.81. The Morgan fingerprint density at radius 2 is 1.85 bits per heavy atom. The molecule has 33 heavy (non-hydrogen) atoms. The van der Waals surface area contributed by atoms with Crippen molar-refractivity contribution in [2.45, 2.75) is 82.1 Å². The van der Waals surface area contributed by atoms with Gasteiger partial charge in [0.1, 0.15) is 30.5 Å². The summed E-state index contributed by atoms with van der Waals surface area (Å²) in [5, 5.41) is 60.6. The Morgan fingerprint density at radius 1 is 1.18 bits per heavy atom. The predicted molar refractivity (Wildman–Crippen MR) is 111 cm³/mol. The first kappa shape index (κ1) is 26.3. The Kier molecular flexibility index (Phi) is 8.39. The van der Waals surface area contributed by atoms with E-state index in [-0.39, 0.29) is 37.9 Å². The summed E-state index contributed by atoms with van der Waals surface area (Å²) < 4.78 is 22.2. The lowest BCUT2D eigenvalue weighted by Gasteiger charge is -2.40. The van der Waals surface area contributed by atoms with Crippen LogP contribution in [0.5, 0.6) is 0 Å². The number of carbonyl (C=O) groups excluding carboxylic acids is 1. The van der Waals surface area contributed by atoms with Gasteiger partial charge in [0, 0.05) is 12.3 Å². The van der Waals surface area contributed by atoms with E-state index in [0.29, 0.717) is 5.57 Å². The second-order valence-corrected chi connectivity index (χ2v) is 9.78. The zero-order valence-electron chi connectivity index (χ0n) is 19.1. The fourth-order valence-corrected chi connectivity index (χ4v) is 4.79. The van der Waals surface area contributed by atoms with Crippen LogP contribution in [0.25, 0.3) is 0 Å². The number of hydrogen-bond acceptors (Lipinski definition) is 11. The van der Waals surface area contributed by atoms with Crippen molar-refractivity contribution in [2.24, 2.45) is 17.8 Å². The van der Waals surface area contributed by atoms with E-state index in [9.17, 15) is 35.4 Å². The fraction of sp³-hybridized carbons (Fsp3) is 0.864. The molecule has 1 saturated heterocycles. The standard InChI is InChI=1S/C22H36O11/c1-10(2)4-16(25)33-21-17-12(5-15(24)22(17,3)29)11(8-31-21)7-30-9-14-19(27)20(28)18(26)13(6-23)32-14/h8,10,12-15,17-21,23-24,26-29H,4-7,9H2,1-3H3/t12-,13-,14+,15+,17-,18-,19+,20+,21+,22-/m1/s1. The van der Waals surface area contributed by atoms with Crippen LogP contribution in [-0.4, -0.2) is 105 Å². The maximum absolute atomic E-state index is 12.2. The summed E-state index contributed by atoms with van der Waals surface area (Å²) in [7, 11) is 0. The average molecular weight is 477 g/mol. The molecule has 3 aliphatic rings. The van der Waals surface area contributed by atoms with Gasteiger partial charge in [0.05, 0.1) is 43.7 Å². The summed E-state index contributed by atoms with van der Waals surface area (Å²) >= 11 is 0. The molecule has 190 valence electrons. The van der Waals surface area contributed by atoms with Crippen molar-refractivity contribution in [1.29, 1.82) is 0 Å². The molecule has 2 fully saturated rings. The average Bonchev–Trinajstić information content (AvgIpc) is 2.98. The van der Waals surface area contributed by atoms with Gasteiger partial charge in [0.25, 0.3) is 0 Å². The first-order valence-electron chi connectivity index (χ1n) is 11.3. The van der Waals surface area contributed by atoms with E-state index in [4.69, 9.17) is 18.9 Å². The maximum Gasteiger partial charge on any atom is 0.309 e. The number of esters is 1. The zero-order valence-corrected chi connectivity index (χ0v) is 19.1. The van der Waals surface area contributed by atoms with Crippen LogP contribution in [0.2, 0.25) is 0 Å². The first-order valence-corrected chi connectivity index (χ1v) is 11.3. The van der Waals surface area contributed by atoms with Gasteiger partial charge >= 0.3 is 5.97 Å². The zero-order chi connectivity index (χ0) is 24.5. The molecule has 0 aromatic rings. The number of aliphatic hydroxyl groups is 6. The van der Waals surface area contributed by atoms with Gasteiger partial charge in [-0.05, 0) is 24.8 Å². The monoisotopic (exact) mass is 476 g/mol. The molecule has 11 nitrogen and oxygen atoms in total. The third-order valence-corrected chi connectivity index (χ3v) is 6.75. The third kappa shape index (κ3) is 5.51. The molecule has 1 saturated carbocycles. The van der Waals surface area contributed by atoms with Gasteiger partial charge in [0.15, 0.2) is 0 Å². The molecular weight excluding hydrogens is 440 g/mol. The number of ether oxygens (including phenoxy) is 4. The smallest absolute Gasteiger partial charge is 0.309 e. The van der Waals surface area contributed by atoms with E-state index in [1.165, 1.54) is 13.2 Å². The topological polar surface area (TPSA) is 175 Å². The minimum Gasteiger partial charge on any atom is -0.462 e. The largest absolute Gasteiger partial charge is 0.462 e. The van der Waals surface area contributed by atoms with Crippen LogP contribution in [0.3, 0.4) is 0 Å². The summed E-state index contributed by atoms with van der Waals surface area (Å²) in [5.41, 5.74) is -0.929. The van der Waals surface area contributed by atoms with Crippen LogP contribution in [0.4, 0.5) is 0 Å². The summed E-state index contributed by atoms with van der Waals surface area (Å²) in [5.74, 6) is -1.45. The highest BCUT2D eigenvalue weighted by molar-refractivity contribution is 5.69. The Bertz CT molecular complexity index is 706. The van der Waals surface area contributed by atoms with Gasteiger partial charge in [0.2, 0.25) is 6.29 Å². The van der Waals surface area contributed by atoms with Crippen molar-refractivity contribution >= 4 is 5.97 Å². The van der Waals surface area contributed by atoms with Crippen LogP contribution >= 0.6 is 0 Å². The van der Waals surface area contributed by atoms with Crippen LogP contribution in [0.1, 0.15) is 33.6 Å². The summed E-state index contributed by atoms with van der Waals surface area (Å²) in [4.78, 5) is 12.2. The summed E-state index contributed by atoms with van der Waals surface area (Å²) in [6.45, 7) is 4.56. The molecule has 0 unspecified atom stereocenters. The number of aliphatic hydroxyl groups excluding tert-OH is 5. The van der Waals surface area contributed by atoms with E-state index in [0.717, 1.165) is 0 Å². The van der Waals surface area contributed by atoms with Gasteiger partial charge in [-0.1, -0.05) is 13.8 Å². The van der Waals surface area contributed by atoms with Crippen molar-refractivity contribution in [3.05, 3.63) is 11.8 Å². The summed E-state index contributed by atoms with van der Waals surface area (Å²) in [6, 6.07) is 0. The van der Waals surface area contributed by atoms with Crippen molar-refractivity contribution in [2.75, 3.05) is 19.8 Å². The highest BCUT2D eigenvalue weighted by Crippen LogP contribution is 2.49. The van der Waals surface area contributed by atoms with Crippen LogP contribution in [0.15, 0.2) is 11.8 Å². The second kappa shape index (κ2) is 10.5. The van der Waals surface area contributed by atoms with Crippen LogP contribution in [0, 0.1) is 17.8 Å². The molecule has 0 spiro atoms. The fourth-order valence-electron chi connectivity index (χ4n) is 4.79. The van der Waals surface area contributed by atoms with Crippen molar-refractivity contribution in [1.82, 2.24) is 0 Å². The minimum absolute atomic E-state index is 0.00560. The Morgan fingerprint density at radius 3 is 2.48 bits per heavy atom. The molecule has 0 radical (unpaired) electrons. The number of carbonyl (C=O) groups is 1. The number of fused-ring (bicyclic) bond motifs is 1. The molecule has 0 bridgehead atoms. The van der Waals surface area contributed by atoms with E-state index in [1.54, 1.807) is 0 Å². The molecule has 3 rings (SSSR count). The maximum atomic E-state index is 12.2. The SMILES string of the molecule is CC(C)CC(=O)O[C@@H]1OC=C(COC[C@@H]2O[C@H](CO)[C@@H](O)[C@H](O)[C@H]2O)[C@H]2C[C@H](O)[C@@](C)(O)[C@@H]12. The minimum atomic E-state index is -1.55. The molecule has 6 N–H and O–H groups in total. The molecule has 2 heterocycles. The quantitative estimate of drug-likeness (QED) is 0.223. The Hall–Kier alpha value is -1.31. The molecule has 0 amide bonds. The lowest BCUT2D eigenvalue weighted by molar-refractivity contribution is -0.238. The first-order chi connectivity index (χ1) is 15.5. The summed E-state index contributed by atoms with van der Waals surface area (Å²) in [6.07, 6.45) is -6.67. The van der Waals surface area contributed by atoms with Crippen molar-refractivity contribution < 1.29 is 54.4 Å². The molecule has 11 heteroatoms. The predicted octanol–water partition coefficient (Wildman–Crippen LogP) is -1.58. The van der Waals surface area contributed by atoms with Crippen molar-refractivity contribution in [3.63, 3.8) is 0 Å². The van der Waals surface area contributed by atoms with Gasteiger partial charge in [-0.25, -0.2) is 0 Å². The lowest BCUT2D eigenvalue weighted by Crippen LogP contribution is -2.59. The van der Waals surface area contributed by atoms with E-state index >= 15 is 0 Å². The third-order valence-electron chi connectivity index (χ3n) is 6.75. The van der Waals surface area contributed by atoms with E-state index in [2.05, 4.69) is 0 Å². The molecule has 0 aromatic carbocycles. The molecule has 1 aliphatic carbocycles. The van der Waals surface area contributed by atoms with Gasteiger partial charge in [-0.3, -0.25) is 4.79 Å². The van der Waals surface area contributed by atoms with Crippen LogP contribution < -0.4 is 0 Å². The van der Waals surface area contributed by atoms with Crippen molar-refractivity contribution in [3.8, 4) is 0 Å². The molecule has 2 aliphatic heterocycles. The van der Waals surface area contributed by atoms with Crippen LogP contribution in [-0.2, 0) is 23.7 Å². The van der Waals surface area contributed by atoms with Gasteiger partial charge in [-0.2, -0.15) is 0 Å². The number of hydrogen-bond donors (Lipinski definition) is 6. The Labute approximate surface area is 192 Å². The normalized spacial score (nSPS) is 43.1. The molecule has 0 aromatic heterocycles. The van der Waals surface area contributed by atoms with Gasteiger partial charge in [-0.15, -0.1) is 0 Å². The van der Waals surface area contributed by atoms with E-state index in [1.807, 2.05) is 13.8 Å². The number of rotatable bonds is 8. The molecule has 10 atom stereocenters.